The van der Waals surface area contributed by atoms with Crippen molar-refractivity contribution < 1.29 is 0 Å². The minimum Gasteiger partial charge on any atom is -0.264 e. The summed E-state index contributed by atoms with van der Waals surface area (Å²) >= 11 is 0. The van der Waals surface area contributed by atoms with Gasteiger partial charge in [-0.2, -0.15) is 0 Å². The van der Waals surface area contributed by atoms with E-state index in [1.165, 1.54) is 22.3 Å². The second-order valence-electron chi connectivity index (χ2n) is 4.59. The molecule has 15 heavy (non-hydrogen) atoms. The molecule has 1 heteroatoms. The molecule has 3 rings (SSSR count). The van der Waals surface area contributed by atoms with E-state index in [9.17, 15) is 0 Å². The monoisotopic (exact) mass is 195 g/mol. The average molecular weight is 195 g/mol. The van der Waals surface area contributed by atoms with Crippen LogP contribution in [0, 0.1) is 0 Å². The Labute approximate surface area is 89.8 Å². The number of hydrogen-bond donors (Lipinski definition) is 0. The van der Waals surface area contributed by atoms with Crippen molar-refractivity contribution in [1.82, 2.24) is 4.98 Å². The van der Waals surface area contributed by atoms with Gasteiger partial charge in [0.2, 0.25) is 0 Å². The van der Waals surface area contributed by atoms with Gasteiger partial charge >= 0.3 is 0 Å². The Morgan fingerprint density at radius 2 is 1.67 bits per heavy atom. The molecule has 1 aliphatic rings. The normalized spacial score (nSPS) is 15.9. The maximum atomic E-state index is 4.24. The van der Waals surface area contributed by atoms with Crippen molar-refractivity contribution in [3.63, 3.8) is 0 Å². The van der Waals surface area contributed by atoms with Crippen LogP contribution in [0.3, 0.4) is 0 Å². The fraction of sp³-hybridized carbons (Fsp3) is 0.214. The second kappa shape index (κ2) is 2.69. The van der Waals surface area contributed by atoms with Crippen LogP contribution in [-0.4, -0.2) is 4.98 Å². The van der Waals surface area contributed by atoms with Gasteiger partial charge in [-0.25, -0.2) is 0 Å². The lowest BCUT2D eigenvalue weighted by molar-refractivity contribution is 0.657. The summed E-state index contributed by atoms with van der Waals surface area (Å²) < 4.78 is 0. The molecule has 0 bridgehead atoms. The molecule has 0 atom stereocenters. The first-order valence-corrected chi connectivity index (χ1v) is 5.25. The first-order valence-electron chi connectivity index (χ1n) is 5.25. The number of pyridine rings is 1. The van der Waals surface area contributed by atoms with Crippen LogP contribution < -0.4 is 0 Å². The van der Waals surface area contributed by atoms with E-state index in [-0.39, 0.29) is 5.41 Å². The van der Waals surface area contributed by atoms with Gasteiger partial charge in [0.15, 0.2) is 0 Å². The Hall–Kier alpha value is -1.63. The molecule has 1 nitrogen and oxygen atoms in total. The Kier molecular flexibility index (Phi) is 1.55. The fourth-order valence-electron chi connectivity index (χ4n) is 2.54. The third-order valence-electron chi connectivity index (χ3n) is 3.38. The molecule has 0 fully saturated rings. The van der Waals surface area contributed by atoms with E-state index in [4.69, 9.17) is 0 Å². The lowest BCUT2D eigenvalue weighted by Gasteiger charge is -2.20. The van der Waals surface area contributed by atoms with Crippen LogP contribution in [0.5, 0.6) is 0 Å². The minimum atomic E-state index is 0.0974. The third-order valence-corrected chi connectivity index (χ3v) is 3.38. The zero-order valence-corrected chi connectivity index (χ0v) is 8.99. The summed E-state index contributed by atoms with van der Waals surface area (Å²) in [5.41, 5.74) is 5.55. The Morgan fingerprint density at radius 3 is 2.53 bits per heavy atom. The highest BCUT2D eigenvalue weighted by Crippen LogP contribution is 2.47. The topological polar surface area (TPSA) is 12.9 Å². The third kappa shape index (κ3) is 1.01. The summed E-state index contributed by atoms with van der Waals surface area (Å²) in [5, 5.41) is 0. The summed E-state index contributed by atoms with van der Waals surface area (Å²) in [6.07, 6.45) is 3.87. The SMILES string of the molecule is CC1(C)c2ccccc2-c2ccncc21. The molecule has 0 saturated heterocycles. The molecule has 0 saturated carbocycles. The molecular weight excluding hydrogens is 182 g/mol. The quantitative estimate of drug-likeness (QED) is 0.628. The summed E-state index contributed by atoms with van der Waals surface area (Å²) in [6.45, 7) is 4.53. The summed E-state index contributed by atoms with van der Waals surface area (Å²) in [7, 11) is 0. The second-order valence-corrected chi connectivity index (χ2v) is 4.59. The molecular formula is C14H13N. The van der Waals surface area contributed by atoms with Crippen LogP contribution >= 0.6 is 0 Å². The van der Waals surface area contributed by atoms with Crippen LogP contribution in [0.4, 0.5) is 0 Å². The zero-order valence-electron chi connectivity index (χ0n) is 8.99. The Balaban J connectivity index is 2.42. The van der Waals surface area contributed by atoms with Crippen LogP contribution in [0.25, 0.3) is 11.1 Å². The molecule has 0 aliphatic heterocycles. The van der Waals surface area contributed by atoms with E-state index in [1.54, 1.807) is 0 Å². The molecule has 0 spiro atoms. The van der Waals surface area contributed by atoms with E-state index in [1.807, 2.05) is 12.4 Å². The number of rotatable bonds is 0. The fourth-order valence-corrected chi connectivity index (χ4v) is 2.54. The molecule has 0 N–H and O–H groups in total. The molecule has 2 aromatic rings. The van der Waals surface area contributed by atoms with Gasteiger partial charge < -0.3 is 0 Å². The standard InChI is InChI=1S/C14H13N/c1-14(2)12-6-4-3-5-10(12)11-7-8-15-9-13(11)14/h3-9H,1-2H3. The predicted molar refractivity (Wildman–Crippen MR) is 61.8 cm³/mol. The summed E-state index contributed by atoms with van der Waals surface area (Å²) in [6, 6.07) is 10.7. The Morgan fingerprint density at radius 1 is 0.933 bits per heavy atom. The molecule has 0 radical (unpaired) electrons. The van der Waals surface area contributed by atoms with Crippen LogP contribution in [-0.2, 0) is 5.41 Å². The van der Waals surface area contributed by atoms with E-state index < -0.39 is 0 Å². The molecule has 1 heterocycles. The lowest BCUT2D eigenvalue weighted by Crippen LogP contribution is -2.14. The van der Waals surface area contributed by atoms with Crippen molar-refractivity contribution in [1.29, 1.82) is 0 Å². The van der Waals surface area contributed by atoms with Crippen molar-refractivity contribution >= 4 is 0 Å². The number of benzene rings is 1. The van der Waals surface area contributed by atoms with E-state index in [0.717, 1.165) is 0 Å². The van der Waals surface area contributed by atoms with E-state index in [2.05, 4.69) is 49.2 Å². The van der Waals surface area contributed by atoms with Gasteiger partial charge in [0.1, 0.15) is 0 Å². The number of aromatic nitrogens is 1. The minimum absolute atomic E-state index is 0.0974. The molecule has 1 aromatic heterocycles. The highest BCUT2D eigenvalue weighted by atomic mass is 14.6. The molecule has 0 unspecified atom stereocenters. The van der Waals surface area contributed by atoms with Crippen molar-refractivity contribution in [2.24, 2.45) is 0 Å². The Bertz CT molecular complexity index is 479. The van der Waals surface area contributed by atoms with Crippen molar-refractivity contribution in [3.05, 3.63) is 53.9 Å². The van der Waals surface area contributed by atoms with Crippen molar-refractivity contribution in [3.8, 4) is 11.1 Å². The lowest BCUT2D eigenvalue weighted by atomic mass is 9.83. The van der Waals surface area contributed by atoms with Crippen molar-refractivity contribution in [2.45, 2.75) is 19.3 Å². The van der Waals surface area contributed by atoms with Gasteiger partial charge in [0.25, 0.3) is 0 Å². The van der Waals surface area contributed by atoms with Crippen LogP contribution in [0.2, 0.25) is 0 Å². The number of fused-ring (bicyclic) bond motifs is 3. The first-order chi connectivity index (χ1) is 7.21. The largest absolute Gasteiger partial charge is 0.264 e. The average Bonchev–Trinajstić information content (AvgIpc) is 2.51. The van der Waals surface area contributed by atoms with Gasteiger partial charge in [0.05, 0.1) is 0 Å². The highest BCUT2D eigenvalue weighted by molar-refractivity contribution is 5.79. The van der Waals surface area contributed by atoms with Gasteiger partial charge in [-0.05, 0) is 28.3 Å². The van der Waals surface area contributed by atoms with Gasteiger partial charge in [0, 0.05) is 17.8 Å². The maximum Gasteiger partial charge on any atom is 0.0314 e. The van der Waals surface area contributed by atoms with E-state index in [0.29, 0.717) is 0 Å². The van der Waals surface area contributed by atoms with Gasteiger partial charge in [-0.15, -0.1) is 0 Å². The van der Waals surface area contributed by atoms with Crippen LogP contribution in [0.1, 0.15) is 25.0 Å². The zero-order chi connectivity index (χ0) is 10.5. The molecule has 1 aromatic carbocycles. The van der Waals surface area contributed by atoms with Crippen molar-refractivity contribution in [2.75, 3.05) is 0 Å². The predicted octanol–water partition coefficient (Wildman–Crippen LogP) is 3.39. The number of hydrogen-bond acceptors (Lipinski definition) is 1. The molecule has 74 valence electrons. The van der Waals surface area contributed by atoms with Gasteiger partial charge in [-0.3, -0.25) is 4.98 Å². The summed E-state index contributed by atoms with van der Waals surface area (Å²) in [5.74, 6) is 0. The van der Waals surface area contributed by atoms with Gasteiger partial charge in [-0.1, -0.05) is 38.1 Å². The van der Waals surface area contributed by atoms with Crippen LogP contribution in [0.15, 0.2) is 42.7 Å². The molecule has 0 amide bonds. The summed E-state index contributed by atoms with van der Waals surface area (Å²) in [4.78, 5) is 4.24. The molecule has 1 aliphatic carbocycles. The smallest absolute Gasteiger partial charge is 0.0314 e. The van der Waals surface area contributed by atoms with E-state index >= 15 is 0 Å². The number of nitrogens with zero attached hydrogens (tertiary/aromatic N) is 1. The highest BCUT2D eigenvalue weighted by Gasteiger charge is 2.34. The first kappa shape index (κ1) is 8.66. The maximum absolute atomic E-state index is 4.24.